The van der Waals surface area contributed by atoms with Crippen molar-refractivity contribution in [2.24, 2.45) is 0 Å². The third-order valence-corrected chi connectivity index (χ3v) is 4.19. The van der Waals surface area contributed by atoms with Gasteiger partial charge in [0.05, 0.1) is 11.6 Å². The number of pyridine rings is 1. The molecule has 0 atom stereocenters. The molecular weight excluding hydrogens is 364 g/mol. The SMILES string of the molecule is CC(C)(/C=C/c1ccc(OCc2ccccc2)c[n+]1[O-])Oc1ccc(C#N)cc1. The van der Waals surface area contributed by atoms with E-state index in [4.69, 9.17) is 14.7 Å². The van der Waals surface area contributed by atoms with E-state index in [1.165, 1.54) is 6.20 Å². The van der Waals surface area contributed by atoms with Gasteiger partial charge in [-0.3, -0.25) is 0 Å². The Bertz CT molecular complexity index is 1020. The summed E-state index contributed by atoms with van der Waals surface area (Å²) < 4.78 is 12.4. The summed E-state index contributed by atoms with van der Waals surface area (Å²) in [6.07, 6.45) is 4.95. The van der Waals surface area contributed by atoms with E-state index >= 15 is 0 Å². The summed E-state index contributed by atoms with van der Waals surface area (Å²) in [4.78, 5) is 0. The smallest absolute Gasteiger partial charge is 0.222 e. The van der Waals surface area contributed by atoms with E-state index in [-0.39, 0.29) is 0 Å². The molecule has 146 valence electrons. The zero-order chi connectivity index (χ0) is 20.7. The molecule has 0 aliphatic rings. The largest absolute Gasteiger partial charge is 0.618 e. The van der Waals surface area contributed by atoms with Crippen molar-refractivity contribution in [2.45, 2.75) is 26.1 Å². The number of nitriles is 1. The topological polar surface area (TPSA) is 69.2 Å². The number of rotatable bonds is 7. The molecule has 0 N–H and O–H groups in total. The first-order chi connectivity index (χ1) is 13.9. The Morgan fingerprint density at radius 1 is 1.00 bits per heavy atom. The number of hydrogen-bond acceptors (Lipinski definition) is 4. The van der Waals surface area contributed by atoms with Crippen molar-refractivity contribution in [3.8, 4) is 17.6 Å². The van der Waals surface area contributed by atoms with Crippen LogP contribution in [0.3, 0.4) is 0 Å². The molecule has 5 heteroatoms. The highest BCUT2D eigenvalue weighted by Crippen LogP contribution is 2.21. The number of hydrogen-bond donors (Lipinski definition) is 0. The Morgan fingerprint density at radius 3 is 2.34 bits per heavy atom. The van der Waals surface area contributed by atoms with E-state index in [2.05, 4.69) is 6.07 Å². The molecule has 0 aliphatic carbocycles. The predicted molar refractivity (Wildman–Crippen MR) is 111 cm³/mol. The van der Waals surface area contributed by atoms with Crippen LogP contribution in [0.25, 0.3) is 6.08 Å². The first-order valence-electron chi connectivity index (χ1n) is 9.23. The van der Waals surface area contributed by atoms with Gasteiger partial charge in [-0.1, -0.05) is 30.3 Å². The van der Waals surface area contributed by atoms with Crippen LogP contribution in [0.1, 0.15) is 30.7 Å². The van der Waals surface area contributed by atoms with Gasteiger partial charge in [-0.05, 0) is 55.8 Å². The van der Waals surface area contributed by atoms with E-state index in [1.54, 1.807) is 42.5 Å². The van der Waals surface area contributed by atoms with Gasteiger partial charge in [0.25, 0.3) is 0 Å². The summed E-state index contributed by atoms with van der Waals surface area (Å²) >= 11 is 0. The second kappa shape index (κ2) is 8.94. The molecular formula is C24H22N2O3. The van der Waals surface area contributed by atoms with Gasteiger partial charge < -0.3 is 14.7 Å². The Hall–Kier alpha value is -3.78. The number of aromatic nitrogens is 1. The normalized spacial score (nSPS) is 11.2. The molecule has 0 fully saturated rings. The van der Waals surface area contributed by atoms with E-state index in [1.807, 2.05) is 50.3 Å². The molecule has 0 aliphatic heterocycles. The van der Waals surface area contributed by atoms with Crippen LogP contribution in [0.15, 0.2) is 79.0 Å². The Morgan fingerprint density at radius 2 is 1.69 bits per heavy atom. The molecule has 0 spiro atoms. The lowest BCUT2D eigenvalue weighted by molar-refractivity contribution is -0.607. The zero-order valence-corrected chi connectivity index (χ0v) is 16.4. The second-order valence-corrected chi connectivity index (χ2v) is 7.06. The molecule has 5 nitrogen and oxygen atoms in total. The maximum Gasteiger partial charge on any atom is 0.222 e. The van der Waals surface area contributed by atoms with Crippen LogP contribution in [0, 0.1) is 16.5 Å². The van der Waals surface area contributed by atoms with E-state index in [9.17, 15) is 5.21 Å². The highest BCUT2D eigenvalue weighted by Gasteiger charge is 2.17. The summed E-state index contributed by atoms with van der Waals surface area (Å²) in [6, 6.07) is 22.2. The highest BCUT2D eigenvalue weighted by atomic mass is 16.5. The van der Waals surface area contributed by atoms with Gasteiger partial charge in [0.2, 0.25) is 11.9 Å². The minimum absolute atomic E-state index is 0.404. The molecule has 0 bridgehead atoms. The van der Waals surface area contributed by atoms with Crippen molar-refractivity contribution in [3.05, 3.63) is 101 Å². The second-order valence-electron chi connectivity index (χ2n) is 7.06. The van der Waals surface area contributed by atoms with Crippen molar-refractivity contribution in [2.75, 3.05) is 0 Å². The van der Waals surface area contributed by atoms with Crippen LogP contribution in [-0.4, -0.2) is 5.60 Å². The molecule has 3 aromatic rings. The molecule has 0 radical (unpaired) electrons. The Labute approximate surface area is 170 Å². The van der Waals surface area contributed by atoms with Crippen LogP contribution in [0.4, 0.5) is 0 Å². The highest BCUT2D eigenvalue weighted by molar-refractivity contribution is 5.44. The van der Waals surface area contributed by atoms with Crippen LogP contribution in [0.2, 0.25) is 0 Å². The lowest BCUT2D eigenvalue weighted by Gasteiger charge is -2.22. The quantitative estimate of drug-likeness (QED) is 0.438. The average Bonchev–Trinajstić information content (AvgIpc) is 2.72. The molecule has 0 unspecified atom stereocenters. The lowest BCUT2D eigenvalue weighted by Crippen LogP contribution is -2.30. The number of ether oxygens (including phenoxy) is 2. The summed E-state index contributed by atoms with van der Waals surface area (Å²) in [6.45, 7) is 4.20. The van der Waals surface area contributed by atoms with Crippen molar-refractivity contribution >= 4 is 6.08 Å². The molecule has 29 heavy (non-hydrogen) atoms. The minimum Gasteiger partial charge on any atom is -0.618 e. The summed E-state index contributed by atoms with van der Waals surface area (Å²) in [5.41, 5.74) is 1.46. The molecule has 0 saturated carbocycles. The van der Waals surface area contributed by atoms with Gasteiger partial charge in [0.15, 0.2) is 5.75 Å². The summed E-state index contributed by atoms with van der Waals surface area (Å²) in [5.74, 6) is 1.16. The molecule has 0 saturated heterocycles. The first-order valence-corrected chi connectivity index (χ1v) is 9.23. The molecule has 3 rings (SSSR count). The lowest BCUT2D eigenvalue weighted by atomic mass is 10.1. The first kappa shape index (κ1) is 20.0. The standard InChI is InChI=1S/C24H22N2O3/c1-24(2,29-22-11-8-19(16-25)9-12-22)15-14-21-10-13-23(17-26(21)27)28-18-20-6-4-3-5-7-20/h3-15,17H,18H2,1-2H3/b15-14+. The van der Waals surface area contributed by atoms with Crippen LogP contribution >= 0.6 is 0 Å². The van der Waals surface area contributed by atoms with E-state index in [0.29, 0.717) is 29.4 Å². The predicted octanol–water partition coefficient (Wildman–Crippen LogP) is 4.64. The molecule has 2 aromatic carbocycles. The fraction of sp³-hybridized carbons (Fsp3) is 0.167. The van der Waals surface area contributed by atoms with Crippen molar-refractivity contribution in [1.29, 1.82) is 5.26 Å². The summed E-state index contributed by atoms with van der Waals surface area (Å²) in [5, 5.41) is 21.2. The fourth-order valence-electron chi connectivity index (χ4n) is 2.65. The molecule has 0 amide bonds. The third-order valence-electron chi connectivity index (χ3n) is 4.19. The van der Waals surface area contributed by atoms with Gasteiger partial charge in [0, 0.05) is 12.1 Å². The van der Waals surface area contributed by atoms with Crippen LogP contribution < -0.4 is 14.2 Å². The summed E-state index contributed by atoms with van der Waals surface area (Å²) in [7, 11) is 0. The van der Waals surface area contributed by atoms with Crippen LogP contribution in [-0.2, 0) is 6.61 Å². The van der Waals surface area contributed by atoms with Gasteiger partial charge in [0.1, 0.15) is 18.0 Å². The molecule has 1 aromatic heterocycles. The maximum atomic E-state index is 12.3. The van der Waals surface area contributed by atoms with Crippen molar-refractivity contribution in [3.63, 3.8) is 0 Å². The minimum atomic E-state index is -0.635. The van der Waals surface area contributed by atoms with Crippen LogP contribution in [0.5, 0.6) is 11.5 Å². The van der Waals surface area contributed by atoms with E-state index in [0.717, 1.165) is 10.3 Å². The zero-order valence-electron chi connectivity index (χ0n) is 16.4. The molecule has 1 heterocycles. The Kier molecular flexibility index (Phi) is 6.16. The van der Waals surface area contributed by atoms with Gasteiger partial charge in [-0.15, -0.1) is 0 Å². The van der Waals surface area contributed by atoms with Gasteiger partial charge in [-0.25, -0.2) is 0 Å². The van der Waals surface area contributed by atoms with Gasteiger partial charge in [-0.2, -0.15) is 9.99 Å². The maximum absolute atomic E-state index is 12.3. The van der Waals surface area contributed by atoms with Crippen molar-refractivity contribution < 1.29 is 14.2 Å². The fourth-order valence-corrected chi connectivity index (χ4v) is 2.65. The van der Waals surface area contributed by atoms with Gasteiger partial charge >= 0.3 is 0 Å². The van der Waals surface area contributed by atoms with E-state index < -0.39 is 5.60 Å². The number of nitrogens with zero attached hydrogens (tertiary/aromatic N) is 2. The monoisotopic (exact) mass is 386 g/mol. The Balaban J connectivity index is 1.63. The number of benzene rings is 2. The third kappa shape index (κ3) is 5.85. The van der Waals surface area contributed by atoms with Crippen molar-refractivity contribution in [1.82, 2.24) is 0 Å². The average molecular weight is 386 g/mol.